The van der Waals surface area contributed by atoms with Gasteiger partial charge in [-0.1, -0.05) is 30.1 Å². The molecule has 0 amide bonds. The summed E-state index contributed by atoms with van der Waals surface area (Å²) in [5, 5.41) is 1.41. The highest BCUT2D eigenvalue weighted by Gasteiger charge is 2.03. The highest BCUT2D eigenvalue weighted by atomic mass is 35.5. The van der Waals surface area contributed by atoms with E-state index >= 15 is 0 Å². The van der Waals surface area contributed by atoms with Gasteiger partial charge >= 0.3 is 0 Å². The van der Waals surface area contributed by atoms with Crippen molar-refractivity contribution in [2.45, 2.75) is 31.1 Å². The van der Waals surface area contributed by atoms with Crippen molar-refractivity contribution in [2.24, 2.45) is 0 Å². The molecule has 0 heterocycles. The molecule has 0 aliphatic rings. The van der Waals surface area contributed by atoms with Crippen molar-refractivity contribution in [3.63, 3.8) is 0 Å². The van der Waals surface area contributed by atoms with Crippen LogP contribution in [0.4, 0.5) is 0 Å². The molecule has 0 N–H and O–H groups in total. The van der Waals surface area contributed by atoms with Gasteiger partial charge in [-0.2, -0.15) is 0 Å². The van der Waals surface area contributed by atoms with E-state index in [9.17, 15) is 4.79 Å². The molecule has 0 aliphatic carbocycles. The van der Waals surface area contributed by atoms with E-state index in [2.05, 4.69) is 0 Å². The van der Waals surface area contributed by atoms with E-state index < -0.39 is 0 Å². The Labute approximate surface area is 111 Å². The summed E-state index contributed by atoms with van der Waals surface area (Å²) < 4.78 is 0. The lowest BCUT2D eigenvalue weighted by Gasteiger charge is -2.04. The van der Waals surface area contributed by atoms with Gasteiger partial charge in [0.2, 0.25) is 0 Å². The van der Waals surface area contributed by atoms with Crippen LogP contribution in [0.1, 0.15) is 26.2 Å². The van der Waals surface area contributed by atoms with Crippen molar-refractivity contribution in [3.8, 4) is 0 Å². The zero-order valence-electron chi connectivity index (χ0n) is 9.13. The smallest absolute Gasteiger partial charge is 0.132 e. The third-order valence-corrected chi connectivity index (χ3v) is 3.96. The normalized spacial score (nSPS) is 10.4. The predicted octanol–water partition coefficient (Wildman–Crippen LogP) is 4.84. The molecule has 0 saturated heterocycles. The van der Waals surface area contributed by atoms with Gasteiger partial charge in [-0.25, -0.2) is 0 Å². The summed E-state index contributed by atoms with van der Waals surface area (Å²) in [4.78, 5) is 12.1. The molecular formula is C12H14Cl2OS. The maximum atomic E-state index is 11.1. The standard InChI is InChI=1S/C12H14Cl2OS/c1-2-10(15)4-3-7-16-12-8-9(13)5-6-11(12)14/h5-6,8H,2-4,7H2,1H3. The summed E-state index contributed by atoms with van der Waals surface area (Å²) in [5.41, 5.74) is 0. The van der Waals surface area contributed by atoms with Crippen molar-refractivity contribution < 1.29 is 4.79 Å². The summed E-state index contributed by atoms with van der Waals surface area (Å²) in [6, 6.07) is 5.42. The number of halogens is 2. The van der Waals surface area contributed by atoms with Crippen LogP contribution in [0.25, 0.3) is 0 Å². The monoisotopic (exact) mass is 276 g/mol. The SMILES string of the molecule is CCC(=O)CCCSc1cc(Cl)ccc1Cl. The second-order valence-corrected chi connectivity index (χ2v) is 5.40. The molecule has 0 fully saturated rings. The topological polar surface area (TPSA) is 17.1 Å². The molecule has 0 radical (unpaired) electrons. The second kappa shape index (κ2) is 7.21. The maximum absolute atomic E-state index is 11.1. The average molecular weight is 277 g/mol. The number of hydrogen-bond acceptors (Lipinski definition) is 2. The Balaban J connectivity index is 2.37. The molecular weight excluding hydrogens is 263 g/mol. The van der Waals surface area contributed by atoms with Gasteiger partial charge in [-0.05, 0) is 30.4 Å². The average Bonchev–Trinajstić information content (AvgIpc) is 2.28. The van der Waals surface area contributed by atoms with Gasteiger partial charge in [0.15, 0.2) is 0 Å². The zero-order valence-corrected chi connectivity index (χ0v) is 11.5. The molecule has 0 spiro atoms. The molecule has 0 aromatic heterocycles. The summed E-state index contributed by atoms with van der Waals surface area (Å²) in [7, 11) is 0. The van der Waals surface area contributed by atoms with Crippen molar-refractivity contribution in [1.29, 1.82) is 0 Å². The highest BCUT2D eigenvalue weighted by molar-refractivity contribution is 7.99. The molecule has 16 heavy (non-hydrogen) atoms. The molecule has 1 nitrogen and oxygen atoms in total. The molecule has 0 unspecified atom stereocenters. The Hall–Kier alpha value is -0.180. The number of benzene rings is 1. The van der Waals surface area contributed by atoms with Crippen LogP contribution in [-0.4, -0.2) is 11.5 Å². The van der Waals surface area contributed by atoms with E-state index in [1.807, 2.05) is 13.0 Å². The van der Waals surface area contributed by atoms with E-state index in [1.54, 1.807) is 23.9 Å². The van der Waals surface area contributed by atoms with Gasteiger partial charge in [0.05, 0.1) is 5.02 Å². The number of carbonyl (C=O) groups excluding carboxylic acids is 1. The fraction of sp³-hybridized carbons (Fsp3) is 0.417. The van der Waals surface area contributed by atoms with Crippen molar-refractivity contribution in [2.75, 3.05) is 5.75 Å². The number of Topliss-reactive ketones (excluding diaryl/α,β-unsaturated/α-hetero) is 1. The lowest BCUT2D eigenvalue weighted by Crippen LogP contribution is -1.95. The Morgan fingerprint density at radius 2 is 2.12 bits per heavy atom. The van der Waals surface area contributed by atoms with E-state index in [0.29, 0.717) is 23.6 Å². The molecule has 1 aromatic carbocycles. The number of carbonyl (C=O) groups is 1. The molecule has 1 rings (SSSR count). The van der Waals surface area contributed by atoms with Crippen LogP contribution in [0.2, 0.25) is 10.0 Å². The molecule has 1 aromatic rings. The zero-order chi connectivity index (χ0) is 12.0. The van der Waals surface area contributed by atoms with Crippen LogP contribution in [0, 0.1) is 0 Å². The van der Waals surface area contributed by atoms with Crippen LogP contribution in [-0.2, 0) is 4.79 Å². The van der Waals surface area contributed by atoms with Gasteiger partial charge in [-0.15, -0.1) is 11.8 Å². The van der Waals surface area contributed by atoms with Gasteiger partial charge in [0, 0.05) is 22.8 Å². The van der Waals surface area contributed by atoms with Gasteiger partial charge in [0.1, 0.15) is 5.78 Å². The third-order valence-electron chi connectivity index (χ3n) is 2.15. The Morgan fingerprint density at radius 3 is 2.81 bits per heavy atom. The first-order valence-electron chi connectivity index (χ1n) is 5.23. The minimum Gasteiger partial charge on any atom is -0.300 e. The Kier molecular flexibility index (Phi) is 6.25. The van der Waals surface area contributed by atoms with Crippen LogP contribution in [0.3, 0.4) is 0 Å². The minimum atomic E-state index is 0.317. The molecule has 0 saturated carbocycles. The summed E-state index contributed by atoms with van der Waals surface area (Å²) in [6.45, 7) is 1.89. The number of thioether (sulfide) groups is 1. The van der Waals surface area contributed by atoms with E-state index in [4.69, 9.17) is 23.2 Å². The fourth-order valence-corrected chi connectivity index (χ4v) is 2.66. The summed E-state index contributed by atoms with van der Waals surface area (Å²) >= 11 is 13.5. The molecule has 4 heteroatoms. The number of hydrogen-bond donors (Lipinski definition) is 0. The summed E-state index contributed by atoms with van der Waals surface area (Å²) in [5.74, 6) is 1.21. The van der Waals surface area contributed by atoms with Crippen molar-refractivity contribution in [3.05, 3.63) is 28.2 Å². The van der Waals surface area contributed by atoms with Crippen LogP contribution in [0.15, 0.2) is 23.1 Å². The molecule has 0 bridgehead atoms. The Bertz CT molecular complexity index is 366. The van der Waals surface area contributed by atoms with Crippen molar-refractivity contribution >= 4 is 40.7 Å². The third kappa shape index (κ3) is 4.77. The minimum absolute atomic E-state index is 0.317. The lowest BCUT2D eigenvalue weighted by atomic mass is 10.2. The van der Waals surface area contributed by atoms with Crippen LogP contribution in [0.5, 0.6) is 0 Å². The maximum Gasteiger partial charge on any atom is 0.132 e. The number of rotatable bonds is 6. The van der Waals surface area contributed by atoms with E-state index in [1.165, 1.54) is 0 Å². The molecule has 0 atom stereocenters. The van der Waals surface area contributed by atoms with Crippen LogP contribution < -0.4 is 0 Å². The van der Waals surface area contributed by atoms with E-state index in [-0.39, 0.29) is 0 Å². The first-order valence-corrected chi connectivity index (χ1v) is 6.97. The fourth-order valence-electron chi connectivity index (χ4n) is 1.22. The second-order valence-electron chi connectivity index (χ2n) is 3.42. The van der Waals surface area contributed by atoms with Gasteiger partial charge in [0.25, 0.3) is 0 Å². The highest BCUT2D eigenvalue weighted by Crippen LogP contribution is 2.30. The van der Waals surface area contributed by atoms with Gasteiger partial charge in [-0.3, -0.25) is 4.79 Å². The first-order chi connectivity index (χ1) is 7.63. The van der Waals surface area contributed by atoms with Gasteiger partial charge < -0.3 is 0 Å². The van der Waals surface area contributed by atoms with Crippen molar-refractivity contribution in [1.82, 2.24) is 0 Å². The summed E-state index contributed by atoms with van der Waals surface area (Å²) in [6.07, 6.45) is 2.17. The Morgan fingerprint density at radius 1 is 1.38 bits per heavy atom. The quantitative estimate of drug-likeness (QED) is 0.546. The first kappa shape index (κ1) is 13.9. The van der Waals surface area contributed by atoms with E-state index in [0.717, 1.165) is 22.1 Å². The predicted molar refractivity (Wildman–Crippen MR) is 71.7 cm³/mol. The molecule has 88 valence electrons. The number of ketones is 1. The molecule has 0 aliphatic heterocycles. The largest absolute Gasteiger partial charge is 0.300 e. The van der Waals surface area contributed by atoms with Crippen LogP contribution >= 0.6 is 35.0 Å². The lowest BCUT2D eigenvalue weighted by molar-refractivity contribution is -0.118.